The Hall–Kier alpha value is -0.220. The summed E-state index contributed by atoms with van der Waals surface area (Å²) in [6, 6.07) is 19.7. The summed E-state index contributed by atoms with van der Waals surface area (Å²) >= 11 is 0. The van der Waals surface area contributed by atoms with Crippen LogP contribution in [0, 0.1) is 0 Å². The summed E-state index contributed by atoms with van der Waals surface area (Å²) < 4.78 is 30.9. The maximum Gasteiger partial charge on any atom is 1.00 e. The van der Waals surface area contributed by atoms with Crippen molar-refractivity contribution in [3.8, 4) is 0 Å². The second-order valence-corrected chi connectivity index (χ2v) is 8.02. The fourth-order valence-corrected chi connectivity index (χ4v) is 5.36. The topological polar surface area (TPSA) is 54.4 Å². The largest absolute Gasteiger partial charge is 1.00 e. The van der Waals surface area contributed by atoms with Crippen molar-refractivity contribution in [2.75, 3.05) is 11.9 Å². The van der Waals surface area contributed by atoms with Crippen molar-refractivity contribution in [2.45, 2.75) is 0 Å². The van der Waals surface area contributed by atoms with E-state index in [-0.39, 0.29) is 36.7 Å². The van der Waals surface area contributed by atoms with Gasteiger partial charge in [-0.2, -0.15) is 8.42 Å². The third-order valence-electron chi connectivity index (χ3n) is 2.71. The standard InChI is InChI=1S/C14H15O3PS.Na.H/c15-19(16,17)12-11-18(13-7-3-1-4-8-13)14-9-5-2-6-10-14;;/h1-10H,11-12H2,(H,15,16,17);;/q;+1;-1. The molecule has 0 saturated heterocycles. The molecular formula is C14H16NaO3PS. The molecule has 0 spiro atoms. The first-order chi connectivity index (χ1) is 9.06. The zero-order chi connectivity index (χ0) is 13.7. The van der Waals surface area contributed by atoms with Crippen molar-refractivity contribution in [3.05, 3.63) is 60.7 Å². The fraction of sp³-hybridized carbons (Fsp3) is 0.143. The Kier molecular flexibility index (Phi) is 7.38. The Labute approximate surface area is 144 Å². The molecule has 0 aromatic heterocycles. The average Bonchev–Trinajstić information content (AvgIpc) is 2.40. The van der Waals surface area contributed by atoms with Crippen molar-refractivity contribution < 1.29 is 44.0 Å². The van der Waals surface area contributed by atoms with Gasteiger partial charge in [-0.15, -0.1) is 0 Å². The van der Waals surface area contributed by atoms with Crippen LogP contribution in [0.4, 0.5) is 0 Å². The number of hydrogen-bond donors (Lipinski definition) is 1. The molecular weight excluding hydrogens is 302 g/mol. The fourth-order valence-electron chi connectivity index (χ4n) is 1.83. The molecule has 0 radical (unpaired) electrons. The van der Waals surface area contributed by atoms with Gasteiger partial charge in [-0.25, -0.2) is 0 Å². The summed E-state index contributed by atoms with van der Waals surface area (Å²) in [5.41, 5.74) is 0. The van der Waals surface area contributed by atoms with Gasteiger partial charge in [0.25, 0.3) is 10.1 Å². The van der Waals surface area contributed by atoms with Crippen molar-refractivity contribution in [2.24, 2.45) is 0 Å². The van der Waals surface area contributed by atoms with Crippen molar-refractivity contribution >= 4 is 28.6 Å². The molecule has 2 aromatic carbocycles. The summed E-state index contributed by atoms with van der Waals surface area (Å²) in [6.07, 6.45) is 0.433. The minimum Gasteiger partial charge on any atom is -1.00 e. The third kappa shape index (κ3) is 5.65. The summed E-state index contributed by atoms with van der Waals surface area (Å²) in [7, 11) is -4.67. The molecule has 102 valence electrons. The van der Waals surface area contributed by atoms with Gasteiger partial charge >= 0.3 is 29.6 Å². The van der Waals surface area contributed by atoms with Crippen LogP contribution in [0.2, 0.25) is 0 Å². The van der Waals surface area contributed by atoms with E-state index in [4.69, 9.17) is 4.55 Å². The zero-order valence-electron chi connectivity index (χ0n) is 12.3. The van der Waals surface area contributed by atoms with Crippen LogP contribution in [-0.4, -0.2) is 24.9 Å². The molecule has 2 rings (SSSR count). The molecule has 0 bridgehead atoms. The van der Waals surface area contributed by atoms with Gasteiger partial charge in [0.05, 0.1) is 5.75 Å². The SMILES string of the molecule is O=S(=O)(O)CCP(c1ccccc1)c1ccccc1.[H-].[Na+]. The molecule has 0 aliphatic carbocycles. The van der Waals surface area contributed by atoms with Gasteiger partial charge in [0.15, 0.2) is 0 Å². The van der Waals surface area contributed by atoms with Crippen LogP contribution < -0.4 is 40.2 Å². The monoisotopic (exact) mass is 318 g/mol. The Morgan fingerprint density at radius 1 is 0.900 bits per heavy atom. The van der Waals surface area contributed by atoms with Gasteiger partial charge < -0.3 is 1.43 Å². The van der Waals surface area contributed by atoms with Gasteiger partial charge in [0.2, 0.25) is 0 Å². The molecule has 0 fully saturated rings. The van der Waals surface area contributed by atoms with E-state index in [2.05, 4.69) is 0 Å². The van der Waals surface area contributed by atoms with Crippen molar-refractivity contribution in [1.29, 1.82) is 0 Å². The second kappa shape index (κ2) is 8.28. The third-order valence-corrected chi connectivity index (χ3v) is 6.24. The molecule has 0 amide bonds. The Bertz CT molecular complexity index is 584. The minimum absolute atomic E-state index is 0. The summed E-state index contributed by atoms with van der Waals surface area (Å²) in [6.45, 7) is 0. The first-order valence-electron chi connectivity index (χ1n) is 5.89. The average molecular weight is 318 g/mol. The quantitative estimate of drug-likeness (QED) is 0.443. The summed E-state index contributed by atoms with van der Waals surface area (Å²) in [4.78, 5) is 0. The summed E-state index contributed by atoms with van der Waals surface area (Å²) in [5.74, 6) is -0.206. The number of rotatable bonds is 5. The van der Waals surface area contributed by atoms with Crippen molar-refractivity contribution in [1.82, 2.24) is 0 Å². The van der Waals surface area contributed by atoms with E-state index in [9.17, 15) is 8.42 Å². The molecule has 3 nitrogen and oxygen atoms in total. The molecule has 0 unspecified atom stereocenters. The van der Waals surface area contributed by atoms with Crippen LogP contribution in [0.25, 0.3) is 0 Å². The Morgan fingerprint density at radius 2 is 1.30 bits per heavy atom. The molecule has 0 atom stereocenters. The smallest absolute Gasteiger partial charge is 1.00 e. The molecule has 0 aliphatic rings. The van der Waals surface area contributed by atoms with Gasteiger partial charge in [-0.1, -0.05) is 60.7 Å². The number of benzene rings is 2. The predicted molar refractivity (Wildman–Crippen MR) is 81.5 cm³/mol. The molecule has 0 heterocycles. The second-order valence-electron chi connectivity index (χ2n) is 4.11. The van der Waals surface area contributed by atoms with E-state index in [0.29, 0.717) is 6.16 Å². The van der Waals surface area contributed by atoms with Gasteiger partial charge in [-0.3, -0.25) is 4.55 Å². The van der Waals surface area contributed by atoms with Crippen LogP contribution in [0.3, 0.4) is 0 Å². The molecule has 0 aliphatic heterocycles. The van der Waals surface area contributed by atoms with E-state index in [0.717, 1.165) is 10.6 Å². The molecule has 20 heavy (non-hydrogen) atoms. The normalized spacial score (nSPS) is 11.1. The molecule has 0 saturated carbocycles. The van der Waals surface area contributed by atoms with Crippen LogP contribution >= 0.6 is 7.92 Å². The van der Waals surface area contributed by atoms with Gasteiger partial charge in [0.1, 0.15) is 0 Å². The van der Waals surface area contributed by atoms with E-state index in [1.807, 2.05) is 60.7 Å². The molecule has 6 heteroatoms. The zero-order valence-corrected chi connectivity index (χ0v) is 15.0. The first kappa shape index (κ1) is 17.8. The van der Waals surface area contributed by atoms with Crippen LogP contribution in [0.5, 0.6) is 0 Å². The van der Waals surface area contributed by atoms with E-state index in [1.165, 1.54) is 0 Å². The minimum atomic E-state index is -3.92. The van der Waals surface area contributed by atoms with Crippen LogP contribution in [0.15, 0.2) is 60.7 Å². The number of hydrogen-bond acceptors (Lipinski definition) is 2. The van der Waals surface area contributed by atoms with E-state index >= 15 is 0 Å². The van der Waals surface area contributed by atoms with Gasteiger partial charge in [0, 0.05) is 0 Å². The van der Waals surface area contributed by atoms with Gasteiger partial charge in [-0.05, 0) is 24.7 Å². The summed E-state index contributed by atoms with van der Waals surface area (Å²) in [5, 5.41) is 2.24. The Morgan fingerprint density at radius 3 is 1.65 bits per heavy atom. The van der Waals surface area contributed by atoms with E-state index in [1.54, 1.807) is 0 Å². The predicted octanol–water partition coefficient (Wildman–Crippen LogP) is -0.876. The van der Waals surface area contributed by atoms with Crippen LogP contribution in [-0.2, 0) is 10.1 Å². The Balaban J connectivity index is 0.00000200. The molecule has 2 aromatic rings. The maximum absolute atomic E-state index is 11.0. The maximum atomic E-state index is 11.0. The van der Waals surface area contributed by atoms with Crippen molar-refractivity contribution in [3.63, 3.8) is 0 Å². The molecule has 1 N–H and O–H groups in total. The van der Waals surface area contributed by atoms with Crippen LogP contribution in [0.1, 0.15) is 1.43 Å². The van der Waals surface area contributed by atoms with E-state index < -0.39 is 18.0 Å². The first-order valence-corrected chi connectivity index (χ1v) is 9.03.